The summed E-state index contributed by atoms with van der Waals surface area (Å²) < 4.78 is 5.44. The molecule has 2 heterocycles. The average Bonchev–Trinajstić information content (AvgIpc) is 3.43. The van der Waals surface area contributed by atoms with Crippen LogP contribution in [0.25, 0.3) is 11.3 Å². The molecule has 0 radical (unpaired) electrons. The second-order valence-corrected chi connectivity index (χ2v) is 10.3. The van der Waals surface area contributed by atoms with E-state index in [1.165, 1.54) is 6.92 Å². The molecule has 0 saturated heterocycles. The molecule has 1 saturated carbocycles. The molecule has 0 aliphatic heterocycles. The Morgan fingerprint density at radius 3 is 2.46 bits per heavy atom. The number of nitrogens with one attached hydrogen (secondary N) is 2. The third-order valence-corrected chi connectivity index (χ3v) is 7.21. The van der Waals surface area contributed by atoms with Gasteiger partial charge < -0.3 is 15.2 Å². The molecular formula is C26H33N5O3S. The highest BCUT2D eigenvalue weighted by Crippen LogP contribution is 2.34. The van der Waals surface area contributed by atoms with E-state index in [-0.39, 0.29) is 18.2 Å². The van der Waals surface area contributed by atoms with Crippen LogP contribution in [0.5, 0.6) is 0 Å². The topological polar surface area (TPSA) is 110 Å². The zero-order valence-electron chi connectivity index (χ0n) is 20.4. The second kappa shape index (κ2) is 11.6. The predicted molar refractivity (Wildman–Crippen MR) is 135 cm³/mol. The highest BCUT2D eigenvalue weighted by molar-refractivity contribution is 7.09. The van der Waals surface area contributed by atoms with Gasteiger partial charge >= 0.3 is 0 Å². The summed E-state index contributed by atoms with van der Waals surface area (Å²) in [5.74, 6) is 0.814. The van der Waals surface area contributed by atoms with Gasteiger partial charge in [-0.15, -0.1) is 11.3 Å². The zero-order chi connectivity index (χ0) is 24.7. The maximum Gasteiger partial charge on any atom is 0.227 e. The van der Waals surface area contributed by atoms with Gasteiger partial charge in [0.05, 0.1) is 10.7 Å². The van der Waals surface area contributed by atoms with Gasteiger partial charge in [-0.1, -0.05) is 55.1 Å². The van der Waals surface area contributed by atoms with Crippen molar-refractivity contribution in [1.82, 2.24) is 25.8 Å². The maximum atomic E-state index is 12.3. The zero-order valence-corrected chi connectivity index (χ0v) is 21.2. The van der Waals surface area contributed by atoms with Crippen LogP contribution >= 0.6 is 11.3 Å². The SMILES string of the molecule is CC(=O)NC1(c2noc(CCC(=O)NCCc3ccc(-c4csc(C)n4)cc3)n2)CCCCCC1. The highest BCUT2D eigenvalue weighted by atomic mass is 32.1. The standard InChI is InChI=1S/C26H33N5O3S/c1-18(32)30-26(14-5-3-4-6-15-26)25-29-24(34-31-25)12-11-23(33)27-16-13-20-7-9-21(10-8-20)22-17-35-19(2)28-22/h7-10,17H,3-6,11-16H2,1-2H3,(H,27,33)(H,30,32). The average molecular weight is 496 g/mol. The minimum atomic E-state index is -0.569. The Bertz CT molecular complexity index is 1130. The van der Waals surface area contributed by atoms with Crippen molar-refractivity contribution in [2.75, 3.05) is 6.54 Å². The van der Waals surface area contributed by atoms with E-state index >= 15 is 0 Å². The summed E-state index contributed by atoms with van der Waals surface area (Å²) in [6.07, 6.45) is 7.32. The lowest BCUT2D eigenvalue weighted by molar-refractivity contribution is -0.122. The number of hydrogen-bond donors (Lipinski definition) is 2. The van der Waals surface area contributed by atoms with Crippen molar-refractivity contribution in [3.8, 4) is 11.3 Å². The number of hydrogen-bond acceptors (Lipinski definition) is 7. The molecule has 1 aromatic carbocycles. The monoisotopic (exact) mass is 495 g/mol. The number of carbonyl (C=O) groups excluding carboxylic acids is 2. The minimum absolute atomic E-state index is 0.0506. The lowest BCUT2D eigenvalue weighted by Crippen LogP contribution is -2.45. The lowest BCUT2D eigenvalue weighted by atomic mass is 9.89. The van der Waals surface area contributed by atoms with Crippen molar-refractivity contribution in [1.29, 1.82) is 0 Å². The largest absolute Gasteiger partial charge is 0.356 e. The third kappa shape index (κ3) is 6.75. The number of aromatic nitrogens is 3. The summed E-state index contributed by atoms with van der Waals surface area (Å²) in [4.78, 5) is 33.3. The summed E-state index contributed by atoms with van der Waals surface area (Å²) in [7, 11) is 0. The number of rotatable bonds is 9. The molecular weight excluding hydrogens is 462 g/mol. The van der Waals surface area contributed by atoms with Gasteiger partial charge in [-0.25, -0.2) is 4.98 Å². The molecule has 4 rings (SSSR count). The molecule has 9 heteroatoms. The van der Waals surface area contributed by atoms with E-state index in [4.69, 9.17) is 4.52 Å². The summed E-state index contributed by atoms with van der Waals surface area (Å²) in [6, 6.07) is 8.30. The summed E-state index contributed by atoms with van der Waals surface area (Å²) in [5, 5.41) is 13.3. The molecule has 1 aliphatic rings. The molecule has 1 fully saturated rings. The van der Waals surface area contributed by atoms with Crippen LogP contribution in [0.1, 0.15) is 74.2 Å². The van der Waals surface area contributed by atoms with Crippen molar-refractivity contribution in [2.45, 2.75) is 77.2 Å². The molecule has 0 spiro atoms. The van der Waals surface area contributed by atoms with Crippen LogP contribution in [0.3, 0.4) is 0 Å². The van der Waals surface area contributed by atoms with Crippen LogP contribution in [0, 0.1) is 6.92 Å². The Morgan fingerprint density at radius 1 is 1.06 bits per heavy atom. The van der Waals surface area contributed by atoms with E-state index in [0.29, 0.717) is 24.7 Å². The van der Waals surface area contributed by atoms with Crippen LogP contribution in [-0.4, -0.2) is 33.5 Å². The van der Waals surface area contributed by atoms with Crippen molar-refractivity contribution in [3.63, 3.8) is 0 Å². The maximum absolute atomic E-state index is 12.3. The Hall–Kier alpha value is -3.07. The molecule has 1 aliphatic carbocycles. The van der Waals surface area contributed by atoms with Gasteiger partial charge in [0, 0.05) is 37.3 Å². The van der Waals surface area contributed by atoms with Crippen LogP contribution in [0.2, 0.25) is 0 Å². The normalized spacial score (nSPS) is 15.4. The van der Waals surface area contributed by atoms with Crippen LogP contribution in [-0.2, 0) is 28.0 Å². The Kier molecular flexibility index (Phi) is 8.28. The first-order chi connectivity index (χ1) is 16.9. The number of thiazole rings is 1. The molecule has 2 amide bonds. The van der Waals surface area contributed by atoms with E-state index in [2.05, 4.69) is 55.4 Å². The van der Waals surface area contributed by atoms with E-state index in [1.807, 2.05) is 6.92 Å². The van der Waals surface area contributed by atoms with E-state index in [0.717, 1.165) is 66.8 Å². The van der Waals surface area contributed by atoms with Crippen LogP contribution < -0.4 is 10.6 Å². The molecule has 0 atom stereocenters. The van der Waals surface area contributed by atoms with Gasteiger partial charge in [0.2, 0.25) is 17.7 Å². The smallest absolute Gasteiger partial charge is 0.227 e. The van der Waals surface area contributed by atoms with Gasteiger partial charge in [0.25, 0.3) is 0 Å². The quantitative estimate of drug-likeness (QED) is 0.424. The third-order valence-electron chi connectivity index (χ3n) is 6.44. The molecule has 2 N–H and O–H groups in total. The van der Waals surface area contributed by atoms with Crippen LogP contribution in [0.4, 0.5) is 0 Å². The lowest BCUT2D eigenvalue weighted by Gasteiger charge is -2.30. The first-order valence-electron chi connectivity index (χ1n) is 12.3. The Balaban J connectivity index is 1.24. The fourth-order valence-electron chi connectivity index (χ4n) is 4.62. The van der Waals surface area contributed by atoms with Crippen LogP contribution in [0.15, 0.2) is 34.2 Å². The first kappa shape index (κ1) is 25.0. The summed E-state index contributed by atoms with van der Waals surface area (Å²) in [6.45, 7) is 4.09. The van der Waals surface area contributed by atoms with Gasteiger partial charge in [0.15, 0.2) is 5.82 Å². The van der Waals surface area contributed by atoms with Crippen molar-refractivity contribution in [3.05, 3.63) is 51.9 Å². The molecule has 0 bridgehead atoms. The fourth-order valence-corrected chi connectivity index (χ4v) is 5.24. The minimum Gasteiger partial charge on any atom is -0.356 e. The first-order valence-corrected chi connectivity index (χ1v) is 13.2. The van der Waals surface area contributed by atoms with Gasteiger partial charge in [0.1, 0.15) is 5.54 Å². The predicted octanol–water partition coefficient (Wildman–Crippen LogP) is 4.48. The van der Waals surface area contributed by atoms with E-state index < -0.39 is 5.54 Å². The Labute approximate surface area is 209 Å². The van der Waals surface area contributed by atoms with Crippen molar-refractivity contribution >= 4 is 23.2 Å². The molecule has 0 unspecified atom stereocenters. The number of amides is 2. The molecule has 8 nitrogen and oxygen atoms in total. The molecule has 35 heavy (non-hydrogen) atoms. The number of nitrogens with zero attached hydrogens (tertiary/aromatic N) is 3. The fraction of sp³-hybridized carbons (Fsp3) is 0.500. The number of benzene rings is 1. The Morgan fingerprint density at radius 2 is 1.80 bits per heavy atom. The summed E-state index contributed by atoms with van der Waals surface area (Å²) in [5.41, 5.74) is 2.69. The van der Waals surface area contributed by atoms with Gasteiger partial charge in [-0.05, 0) is 31.7 Å². The number of carbonyl (C=O) groups is 2. The van der Waals surface area contributed by atoms with Crippen molar-refractivity contribution in [2.24, 2.45) is 0 Å². The molecule has 2 aromatic heterocycles. The summed E-state index contributed by atoms with van der Waals surface area (Å²) >= 11 is 1.64. The van der Waals surface area contributed by atoms with E-state index in [9.17, 15) is 9.59 Å². The van der Waals surface area contributed by atoms with Gasteiger partial charge in [-0.2, -0.15) is 4.98 Å². The van der Waals surface area contributed by atoms with Crippen molar-refractivity contribution < 1.29 is 14.1 Å². The molecule has 3 aromatic rings. The van der Waals surface area contributed by atoms with Gasteiger partial charge in [-0.3, -0.25) is 9.59 Å². The second-order valence-electron chi connectivity index (χ2n) is 9.24. The number of aryl methyl sites for hydroxylation is 2. The highest BCUT2D eigenvalue weighted by Gasteiger charge is 2.38. The van der Waals surface area contributed by atoms with E-state index in [1.54, 1.807) is 11.3 Å². The molecule has 186 valence electrons.